The van der Waals surface area contributed by atoms with Gasteiger partial charge in [-0.2, -0.15) is 0 Å². The molecule has 2 aliphatic carbocycles. The average Bonchev–Trinajstić information content (AvgIpc) is 2.65. The Morgan fingerprint density at radius 1 is 0.971 bits per heavy atom. The van der Waals surface area contributed by atoms with Crippen molar-refractivity contribution in [1.29, 1.82) is 0 Å². The van der Waals surface area contributed by atoms with Crippen molar-refractivity contribution in [2.45, 2.75) is 104 Å². The Hall–Kier alpha value is -2.22. The summed E-state index contributed by atoms with van der Waals surface area (Å²) in [5.41, 5.74) is -3.74. The minimum absolute atomic E-state index is 0.0807. The van der Waals surface area contributed by atoms with E-state index in [1.54, 1.807) is 19.9 Å². The zero-order valence-electron chi connectivity index (χ0n) is 21.6. The molecular weight excluding hydrogens is 440 g/mol. The molecule has 8 heteroatoms. The Bertz CT molecular complexity index is 908. The zero-order chi connectivity index (χ0) is 25.9. The van der Waals surface area contributed by atoms with Gasteiger partial charge in [0.2, 0.25) is 0 Å². The summed E-state index contributed by atoms with van der Waals surface area (Å²) in [5, 5.41) is 0. The molecule has 0 N–H and O–H groups in total. The monoisotopic (exact) mass is 478 g/mol. The van der Waals surface area contributed by atoms with Crippen LogP contribution in [-0.4, -0.2) is 53.2 Å². The number of fused-ring (bicyclic) bond motifs is 3. The van der Waals surface area contributed by atoms with Gasteiger partial charge in [-0.3, -0.25) is 19.2 Å². The van der Waals surface area contributed by atoms with E-state index in [2.05, 4.69) is 6.58 Å². The smallest absolute Gasteiger partial charge is 0.303 e. The summed E-state index contributed by atoms with van der Waals surface area (Å²) >= 11 is 0. The lowest BCUT2D eigenvalue weighted by molar-refractivity contribution is -0.323. The minimum atomic E-state index is -1.36. The van der Waals surface area contributed by atoms with Crippen LogP contribution < -0.4 is 0 Å². The number of ether oxygens (including phenoxy) is 4. The van der Waals surface area contributed by atoms with E-state index in [0.29, 0.717) is 12.8 Å². The molecule has 3 aliphatic rings. The fourth-order valence-electron chi connectivity index (χ4n) is 7.41. The third-order valence-corrected chi connectivity index (χ3v) is 8.28. The average molecular weight is 479 g/mol. The molecule has 8 atom stereocenters. The van der Waals surface area contributed by atoms with Crippen LogP contribution in [0.4, 0.5) is 0 Å². The predicted molar refractivity (Wildman–Crippen MR) is 122 cm³/mol. The highest BCUT2D eigenvalue weighted by Crippen LogP contribution is 2.66. The van der Waals surface area contributed by atoms with Crippen LogP contribution in [0.2, 0.25) is 0 Å². The summed E-state index contributed by atoms with van der Waals surface area (Å²) in [6, 6.07) is 0. The molecule has 8 unspecified atom stereocenters. The van der Waals surface area contributed by atoms with Crippen LogP contribution in [0.5, 0.6) is 0 Å². The Kier molecular flexibility index (Phi) is 6.57. The molecule has 0 aromatic rings. The summed E-state index contributed by atoms with van der Waals surface area (Å²) in [6.07, 6.45) is 0.293. The molecule has 0 radical (unpaired) electrons. The number of ketones is 1. The lowest BCUT2D eigenvalue weighted by Gasteiger charge is -2.68. The van der Waals surface area contributed by atoms with Gasteiger partial charge in [-0.1, -0.05) is 26.8 Å². The third-order valence-electron chi connectivity index (χ3n) is 8.28. The van der Waals surface area contributed by atoms with Gasteiger partial charge in [0.05, 0.1) is 11.5 Å². The topological polar surface area (TPSA) is 105 Å². The SMILES string of the molecule is C=CC1(C)CC(=O)C2C(C)(O1)C(OC(C)=O)C(OC(C)=O)C1C(C)(C)CCC(OC(C)=O)C12C. The molecule has 3 rings (SSSR count). The van der Waals surface area contributed by atoms with E-state index in [1.807, 2.05) is 20.8 Å². The van der Waals surface area contributed by atoms with Crippen LogP contribution in [-0.2, 0) is 38.1 Å². The van der Waals surface area contributed by atoms with Crippen molar-refractivity contribution in [3.05, 3.63) is 12.7 Å². The second-order valence-electron chi connectivity index (χ2n) is 11.5. The van der Waals surface area contributed by atoms with Crippen LogP contribution in [0.25, 0.3) is 0 Å². The molecule has 0 amide bonds. The molecule has 0 spiro atoms. The van der Waals surface area contributed by atoms with E-state index in [-0.39, 0.29) is 12.2 Å². The van der Waals surface area contributed by atoms with Crippen molar-refractivity contribution >= 4 is 23.7 Å². The number of Topliss-reactive ketones (excluding diaryl/α,β-unsaturated/α-hetero) is 1. The van der Waals surface area contributed by atoms with Crippen molar-refractivity contribution < 1.29 is 38.1 Å². The van der Waals surface area contributed by atoms with Gasteiger partial charge in [0.25, 0.3) is 0 Å². The lowest BCUT2D eigenvalue weighted by atomic mass is 9.41. The van der Waals surface area contributed by atoms with Gasteiger partial charge >= 0.3 is 17.9 Å². The van der Waals surface area contributed by atoms with Crippen molar-refractivity contribution in [3.63, 3.8) is 0 Å². The molecule has 1 aliphatic heterocycles. The highest BCUT2D eigenvalue weighted by atomic mass is 16.6. The van der Waals surface area contributed by atoms with Crippen LogP contribution in [0, 0.1) is 22.7 Å². The Morgan fingerprint density at radius 3 is 2.03 bits per heavy atom. The van der Waals surface area contributed by atoms with Crippen LogP contribution in [0.15, 0.2) is 12.7 Å². The molecule has 190 valence electrons. The van der Waals surface area contributed by atoms with Crippen LogP contribution in [0.1, 0.15) is 74.7 Å². The maximum atomic E-state index is 14.0. The highest BCUT2D eigenvalue weighted by Gasteiger charge is 2.75. The third kappa shape index (κ3) is 4.08. The Labute approximate surface area is 201 Å². The van der Waals surface area contributed by atoms with E-state index in [1.165, 1.54) is 20.8 Å². The van der Waals surface area contributed by atoms with E-state index >= 15 is 0 Å². The first-order valence-electron chi connectivity index (χ1n) is 11.9. The van der Waals surface area contributed by atoms with Crippen LogP contribution in [0.3, 0.4) is 0 Å². The maximum absolute atomic E-state index is 14.0. The van der Waals surface area contributed by atoms with Gasteiger partial charge in [0.15, 0.2) is 6.10 Å². The minimum Gasteiger partial charge on any atom is -0.462 e. The van der Waals surface area contributed by atoms with Crippen molar-refractivity contribution in [1.82, 2.24) is 0 Å². The van der Waals surface area contributed by atoms with Gasteiger partial charge in [-0.25, -0.2) is 0 Å². The first-order chi connectivity index (χ1) is 15.5. The second kappa shape index (κ2) is 8.47. The summed E-state index contributed by atoms with van der Waals surface area (Å²) in [4.78, 5) is 50.7. The van der Waals surface area contributed by atoms with E-state index < -0.39 is 70.1 Å². The summed E-state index contributed by atoms with van der Waals surface area (Å²) in [6.45, 7) is 17.3. The van der Waals surface area contributed by atoms with Crippen molar-refractivity contribution in [2.24, 2.45) is 22.7 Å². The predicted octanol–water partition coefficient (Wildman–Crippen LogP) is 3.55. The number of esters is 3. The standard InChI is InChI=1S/C26H38O8/c1-10-24(7)13-17(30)20-25(8)18(31-14(2)27)11-12-23(5,6)21(25)19(32-15(3)28)22(33-16(4)29)26(20,9)34-24/h10,18-22H,1,11-13H2,2-9H3. The zero-order valence-corrected chi connectivity index (χ0v) is 21.6. The second-order valence-corrected chi connectivity index (χ2v) is 11.5. The normalized spacial score (nSPS) is 43.1. The number of hydrogen-bond acceptors (Lipinski definition) is 8. The molecule has 1 saturated heterocycles. The first kappa shape index (κ1) is 26.4. The number of carbonyl (C=O) groups is 4. The molecule has 8 nitrogen and oxygen atoms in total. The van der Waals surface area contributed by atoms with Gasteiger partial charge in [-0.15, -0.1) is 6.58 Å². The fraction of sp³-hybridized carbons (Fsp3) is 0.769. The Morgan fingerprint density at radius 2 is 1.53 bits per heavy atom. The lowest BCUT2D eigenvalue weighted by Crippen LogP contribution is -2.78. The number of carbonyl (C=O) groups excluding carboxylic acids is 4. The molecule has 0 aromatic carbocycles. The highest BCUT2D eigenvalue weighted by molar-refractivity contribution is 5.86. The molecule has 0 aromatic heterocycles. The maximum Gasteiger partial charge on any atom is 0.303 e. The van der Waals surface area contributed by atoms with Gasteiger partial charge < -0.3 is 18.9 Å². The van der Waals surface area contributed by atoms with Crippen molar-refractivity contribution in [2.75, 3.05) is 0 Å². The molecule has 1 heterocycles. The van der Waals surface area contributed by atoms with Crippen LogP contribution >= 0.6 is 0 Å². The molecular formula is C26H38O8. The van der Waals surface area contributed by atoms with Gasteiger partial charge in [0.1, 0.15) is 23.6 Å². The van der Waals surface area contributed by atoms with Crippen molar-refractivity contribution in [3.8, 4) is 0 Å². The number of rotatable bonds is 4. The largest absolute Gasteiger partial charge is 0.462 e. The number of hydrogen-bond donors (Lipinski definition) is 0. The summed E-state index contributed by atoms with van der Waals surface area (Å²) in [5.74, 6) is -2.87. The molecule has 34 heavy (non-hydrogen) atoms. The molecule has 0 bridgehead atoms. The molecule has 3 fully saturated rings. The Balaban J connectivity index is 2.34. The summed E-state index contributed by atoms with van der Waals surface area (Å²) < 4.78 is 24.2. The van der Waals surface area contributed by atoms with E-state index in [4.69, 9.17) is 18.9 Å². The van der Waals surface area contributed by atoms with Gasteiger partial charge in [-0.05, 0) is 32.1 Å². The van der Waals surface area contributed by atoms with Gasteiger partial charge in [0, 0.05) is 38.5 Å². The van der Waals surface area contributed by atoms with E-state index in [9.17, 15) is 19.2 Å². The first-order valence-corrected chi connectivity index (χ1v) is 11.9. The van der Waals surface area contributed by atoms with E-state index in [0.717, 1.165) is 0 Å². The quantitative estimate of drug-likeness (QED) is 0.343. The summed E-state index contributed by atoms with van der Waals surface area (Å²) in [7, 11) is 0. The fourth-order valence-corrected chi connectivity index (χ4v) is 7.41. The molecule has 2 saturated carbocycles.